The molecule has 0 aliphatic carbocycles. The van der Waals surface area contributed by atoms with Gasteiger partial charge >= 0.3 is 0 Å². The van der Waals surface area contributed by atoms with E-state index in [2.05, 4.69) is 63.2 Å². The predicted molar refractivity (Wildman–Crippen MR) is 213 cm³/mol. The summed E-state index contributed by atoms with van der Waals surface area (Å²) in [5.74, 6) is -0.115. The van der Waals surface area contributed by atoms with Gasteiger partial charge < -0.3 is 24.5 Å². The van der Waals surface area contributed by atoms with Crippen LogP contribution in [0.5, 0.6) is 0 Å². The van der Waals surface area contributed by atoms with Crippen molar-refractivity contribution >= 4 is 35.2 Å². The van der Waals surface area contributed by atoms with E-state index >= 15 is 0 Å². The summed E-state index contributed by atoms with van der Waals surface area (Å²) in [6, 6.07) is 36.0. The molecular weight excluding hydrogens is 661 g/mol. The van der Waals surface area contributed by atoms with Crippen LogP contribution < -0.4 is 9.80 Å². The van der Waals surface area contributed by atoms with Gasteiger partial charge in [-0.25, -0.2) is 0 Å². The molecule has 4 aromatic carbocycles. The molecule has 0 spiro atoms. The van der Waals surface area contributed by atoms with Gasteiger partial charge in [0.1, 0.15) is 6.04 Å². The lowest BCUT2D eigenvalue weighted by Gasteiger charge is -2.39. The number of hydrogen-bond acceptors (Lipinski definition) is 6. The van der Waals surface area contributed by atoms with Gasteiger partial charge in [0.2, 0.25) is 17.7 Å². The van der Waals surface area contributed by atoms with Gasteiger partial charge in [0.15, 0.2) is 0 Å². The lowest BCUT2D eigenvalue weighted by Crippen LogP contribution is -2.56. The topological polar surface area (TPSA) is 70.6 Å². The fraction of sp³-hybridized carbons (Fsp3) is 0.341. The zero-order chi connectivity index (χ0) is 37.2. The number of amides is 3. The molecule has 276 valence electrons. The minimum atomic E-state index is -0.685. The molecule has 1 atom stereocenters. The number of carbonyl (C=O) groups excluding carboxylic acids is 3. The quantitative estimate of drug-likeness (QED) is 0.183. The van der Waals surface area contributed by atoms with Crippen LogP contribution in [0.15, 0.2) is 115 Å². The van der Waals surface area contributed by atoms with Crippen LogP contribution in [-0.2, 0) is 33.9 Å². The van der Waals surface area contributed by atoms with Crippen LogP contribution in [-0.4, -0.2) is 110 Å². The standard InChI is InChI=1S/C44H52N6O3/c1-35(51)47-28-30-48(31-29-47)41-21-16-39(17-22-41)34-50(43(52)23-18-36-10-6-4-7-11-36)42(32-37-12-8-5-9-13-37)44(53)49-26-24-46(25-27-49)33-38-14-19-40(20-15-38)45(2)3/h4-23,42H,24-34H2,1-3H3/t42-/m0/s1. The van der Waals surface area contributed by atoms with Crippen LogP contribution in [0.25, 0.3) is 6.08 Å². The maximum atomic E-state index is 14.7. The third kappa shape index (κ3) is 10.1. The average molecular weight is 713 g/mol. The first kappa shape index (κ1) is 37.4. The molecule has 0 radical (unpaired) electrons. The third-order valence-electron chi connectivity index (χ3n) is 10.4. The third-order valence-corrected chi connectivity index (χ3v) is 10.4. The molecule has 2 aliphatic heterocycles. The average Bonchev–Trinajstić information content (AvgIpc) is 3.19. The van der Waals surface area contributed by atoms with Gasteiger partial charge in [-0.05, 0) is 52.6 Å². The Hall–Kier alpha value is -5.41. The van der Waals surface area contributed by atoms with Crippen molar-refractivity contribution in [2.24, 2.45) is 0 Å². The van der Waals surface area contributed by atoms with Crippen molar-refractivity contribution < 1.29 is 14.4 Å². The Kier molecular flexibility index (Phi) is 12.6. The first-order valence-electron chi connectivity index (χ1n) is 18.7. The summed E-state index contributed by atoms with van der Waals surface area (Å²) in [6.07, 6.45) is 3.84. The number of carbonyl (C=O) groups is 3. The first-order valence-corrected chi connectivity index (χ1v) is 18.7. The van der Waals surface area contributed by atoms with Crippen molar-refractivity contribution in [3.05, 3.63) is 138 Å². The summed E-state index contributed by atoms with van der Waals surface area (Å²) in [5, 5.41) is 0. The molecule has 0 unspecified atom stereocenters. The monoisotopic (exact) mass is 712 g/mol. The molecule has 0 aromatic heterocycles. The van der Waals surface area contributed by atoms with Crippen LogP contribution in [0, 0.1) is 0 Å². The zero-order valence-electron chi connectivity index (χ0n) is 31.3. The second-order valence-corrected chi connectivity index (χ2v) is 14.2. The molecule has 2 saturated heterocycles. The van der Waals surface area contributed by atoms with E-state index in [0.717, 1.165) is 55.1 Å². The Balaban J connectivity index is 1.21. The number of hydrogen-bond donors (Lipinski definition) is 0. The first-order chi connectivity index (χ1) is 25.7. The maximum Gasteiger partial charge on any atom is 0.247 e. The highest BCUT2D eigenvalue weighted by atomic mass is 16.2. The van der Waals surface area contributed by atoms with E-state index in [1.807, 2.05) is 90.6 Å². The molecule has 9 nitrogen and oxygen atoms in total. The van der Waals surface area contributed by atoms with E-state index in [0.29, 0.717) is 39.1 Å². The van der Waals surface area contributed by atoms with Crippen molar-refractivity contribution in [2.75, 3.05) is 76.3 Å². The number of anilines is 2. The van der Waals surface area contributed by atoms with Crippen LogP contribution in [0.3, 0.4) is 0 Å². The second-order valence-electron chi connectivity index (χ2n) is 14.2. The molecule has 9 heteroatoms. The summed E-state index contributed by atoms with van der Waals surface area (Å²) in [4.78, 5) is 53.1. The molecular formula is C44H52N6O3. The molecule has 6 rings (SSSR count). The Morgan fingerprint density at radius 1 is 0.660 bits per heavy atom. The van der Waals surface area contributed by atoms with Crippen molar-refractivity contribution in [3.63, 3.8) is 0 Å². The van der Waals surface area contributed by atoms with E-state index in [4.69, 9.17) is 0 Å². The number of nitrogens with zero attached hydrogens (tertiary/aromatic N) is 6. The van der Waals surface area contributed by atoms with E-state index < -0.39 is 6.04 Å². The minimum Gasteiger partial charge on any atom is -0.378 e. The molecule has 2 aliphatic rings. The Labute approximate surface area is 314 Å². The van der Waals surface area contributed by atoms with Gasteiger partial charge in [0.25, 0.3) is 0 Å². The van der Waals surface area contributed by atoms with E-state index in [1.54, 1.807) is 17.9 Å². The fourth-order valence-corrected chi connectivity index (χ4v) is 7.12. The number of benzene rings is 4. The highest BCUT2D eigenvalue weighted by Crippen LogP contribution is 2.23. The fourth-order valence-electron chi connectivity index (χ4n) is 7.12. The van der Waals surface area contributed by atoms with Crippen LogP contribution in [0.1, 0.15) is 29.2 Å². The summed E-state index contributed by atoms with van der Waals surface area (Å²) in [7, 11) is 4.09. The van der Waals surface area contributed by atoms with E-state index in [-0.39, 0.29) is 17.7 Å². The molecule has 3 amide bonds. The van der Waals surface area contributed by atoms with Crippen LogP contribution in [0.4, 0.5) is 11.4 Å². The van der Waals surface area contributed by atoms with Crippen molar-refractivity contribution in [1.82, 2.24) is 19.6 Å². The van der Waals surface area contributed by atoms with Crippen LogP contribution >= 0.6 is 0 Å². The smallest absolute Gasteiger partial charge is 0.247 e. The molecule has 53 heavy (non-hydrogen) atoms. The van der Waals surface area contributed by atoms with Crippen molar-refractivity contribution in [3.8, 4) is 0 Å². The Morgan fingerprint density at radius 2 is 1.25 bits per heavy atom. The van der Waals surface area contributed by atoms with E-state index in [9.17, 15) is 14.4 Å². The highest BCUT2D eigenvalue weighted by Gasteiger charge is 2.34. The van der Waals surface area contributed by atoms with Gasteiger partial charge in [0, 0.05) is 110 Å². The second kappa shape index (κ2) is 17.9. The molecule has 4 aromatic rings. The predicted octanol–water partition coefficient (Wildman–Crippen LogP) is 5.42. The Bertz CT molecular complexity index is 1810. The van der Waals surface area contributed by atoms with Gasteiger partial charge in [-0.3, -0.25) is 19.3 Å². The zero-order valence-corrected chi connectivity index (χ0v) is 31.3. The lowest BCUT2D eigenvalue weighted by molar-refractivity contribution is -0.145. The number of rotatable bonds is 12. The van der Waals surface area contributed by atoms with Crippen LogP contribution in [0.2, 0.25) is 0 Å². The molecule has 2 fully saturated rings. The highest BCUT2D eigenvalue weighted by molar-refractivity contribution is 5.95. The van der Waals surface area contributed by atoms with Gasteiger partial charge in [-0.15, -0.1) is 0 Å². The van der Waals surface area contributed by atoms with Crippen molar-refractivity contribution in [2.45, 2.75) is 32.5 Å². The molecule has 2 heterocycles. The summed E-state index contributed by atoms with van der Waals surface area (Å²) in [6.45, 7) is 8.45. The SMILES string of the molecule is CC(=O)N1CCN(c2ccc(CN(C(=O)C=Cc3ccccc3)[C@@H](Cc3ccccc3)C(=O)N3CCN(Cc4ccc(N(C)C)cc4)CC3)cc2)CC1. The van der Waals surface area contributed by atoms with Crippen molar-refractivity contribution in [1.29, 1.82) is 0 Å². The summed E-state index contributed by atoms with van der Waals surface area (Å²) < 4.78 is 0. The van der Waals surface area contributed by atoms with E-state index in [1.165, 1.54) is 11.3 Å². The molecule has 0 saturated carbocycles. The summed E-state index contributed by atoms with van der Waals surface area (Å²) >= 11 is 0. The molecule has 0 bridgehead atoms. The molecule has 0 N–H and O–H groups in total. The Morgan fingerprint density at radius 3 is 1.85 bits per heavy atom. The normalized spacial score (nSPS) is 15.7. The maximum absolute atomic E-state index is 14.7. The van der Waals surface area contributed by atoms with Gasteiger partial charge in [-0.1, -0.05) is 84.9 Å². The van der Waals surface area contributed by atoms with Gasteiger partial charge in [-0.2, -0.15) is 0 Å². The lowest BCUT2D eigenvalue weighted by atomic mass is 10.0. The minimum absolute atomic E-state index is 0.0229. The van der Waals surface area contributed by atoms with Gasteiger partial charge in [0.05, 0.1) is 0 Å². The largest absolute Gasteiger partial charge is 0.378 e. The summed E-state index contributed by atoms with van der Waals surface area (Å²) in [5.41, 5.74) is 6.40. The number of piperazine rings is 2.